The molecular formula is C21H20BrNO2. The molecular weight excluding hydrogens is 378 g/mol. The van der Waals surface area contributed by atoms with Crippen LogP contribution in [0.3, 0.4) is 0 Å². The van der Waals surface area contributed by atoms with Crippen LogP contribution in [-0.4, -0.2) is 11.8 Å². The monoisotopic (exact) mass is 397 g/mol. The summed E-state index contributed by atoms with van der Waals surface area (Å²) in [6.45, 7) is 1.94. The summed E-state index contributed by atoms with van der Waals surface area (Å²) in [6, 6.07) is 16.0. The Kier molecular flexibility index (Phi) is 4.24. The van der Waals surface area contributed by atoms with Gasteiger partial charge in [-0.3, -0.25) is 9.59 Å². The number of amides is 2. The highest BCUT2D eigenvalue weighted by Crippen LogP contribution is 2.46. The van der Waals surface area contributed by atoms with E-state index in [-0.39, 0.29) is 23.7 Å². The quantitative estimate of drug-likeness (QED) is 0.680. The molecule has 1 saturated carbocycles. The number of imide groups is 1. The standard InChI is InChI=1S/C21H20BrNO2/c1-13-11-16(22)8-10-19(13)23-20(24)17-9-7-15(12-18(17)21(23)25)14-5-3-2-4-6-14/h2-6,8,10-11,15,17-18H,7,9,12H2,1H3. The first-order valence-corrected chi connectivity index (χ1v) is 9.54. The molecule has 1 aliphatic carbocycles. The van der Waals surface area contributed by atoms with Crippen molar-refractivity contribution in [2.45, 2.75) is 32.1 Å². The van der Waals surface area contributed by atoms with Crippen molar-refractivity contribution in [1.82, 2.24) is 0 Å². The third-order valence-electron chi connectivity index (χ3n) is 5.60. The molecule has 2 aliphatic rings. The number of carbonyl (C=O) groups excluding carboxylic acids is 2. The first-order valence-electron chi connectivity index (χ1n) is 8.75. The lowest BCUT2D eigenvalue weighted by molar-refractivity contribution is -0.122. The molecule has 4 heteroatoms. The van der Waals surface area contributed by atoms with Crippen LogP contribution in [0.2, 0.25) is 0 Å². The Hall–Kier alpha value is -1.94. The van der Waals surface area contributed by atoms with E-state index in [2.05, 4.69) is 28.1 Å². The van der Waals surface area contributed by atoms with E-state index in [4.69, 9.17) is 0 Å². The maximum Gasteiger partial charge on any atom is 0.237 e. The van der Waals surface area contributed by atoms with E-state index in [0.29, 0.717) is 5.92 Å². The molecule has 25 heavy (non-hydrogen) atoms. The fraction of sp³-hybridized carbons (Fsp3) is 0.333. The molecule has 4 rings (SSSR count). The van der Waals surface area contributed by atoms with E-state index in [1.54, 1.807) is 0 Å². The molecule has 0 spiro atoms. The highest BCUT2D eigenvalue weighted by molar-refractivity contribution is 9.10. The number of hydrogen-bond acceptors (Lipinski definition) is 2. The Morgan fingerprint density at radius 3 is 2.40 bits per heavy atom. The van der Waals surface area contributed by atoms with Gasteiger partial charge in [0.05, 0.1) is 17.5 Å². The topological polar surface area (TPSA) is 37.4 Å². The zero-order chi connectivity index (χ0) is 17.6. The summed E-state index contributed by atoms with van der Waals surface area (Å²) in [5.41, 5.74) is 2.94. The number of anilines is 1. The fourth-order valence-corrected chi connectivity index (χ4v) is 4.79. The normalized spacial score (nSPS) is 26.0. The first kappa shape index (κ1) is 16.5. The van der Waals surface area contributed by atoms with Gasteiger partial charge in [-0.2, -0.15) is 0 Å². The second-order valence-electron chi connectivity index (χ2n) is 7.08. The highest BCUT2D eigenvalue weighted by Gasteiger charge is 2.50. The van der Waals surface area contributed by atoms with Crippen LogP contribution in [0.1, 0.15) is 36.3 Å². The molecule has 0 N–H and O–H groups in total. The SMILES string of the molecule is Cc1cc(Br)ccc1N1C(=O)C2CCC(c3ccccc3)CC2C1=O. The molecule has 1 aliphatic heterocycles. The van der Waals surface area contributed by atoms with E-state index in [1.165, 1.54) is 10.5 Å². The van der Waals surface area contributed by atoms with Crippen LogP contribution in [0, 0.1) is 18.8 Å². The van der Waals surface area contributed by atoms with Crippen LogP contribution in [0.25, 0.3) is 0 Å². The van der Waals surface area contributed by atoms with Gasteiger partial charge >= 0.3 is 0 Å². The lowest BCUT2D eigenvalue weighted by Gasteiger charge is -2.28. The average molecular weight is 398 g/mol. The van der Waals surface area contributed by atoms with Crippen LogP contribution < -0.4 is 4.90 Å². The smallest absolute Gasteiger partial charge is 0.237 e. The summed E-state index contributed by atoms with van der Waals surface area (Å²) in [6.07, 6.45) is 2.53. The van der Waals surface area contributed by atoms with Crippen LogP contribution in [0.4, 0.5) is 5.69 Å². The molecule has 2 amide bonds. The summed E-state index contributed by atoms with van der Waals surface area (Å²) in [7, 11) is 0. The first-order chi connectivity index (χ1) is 12.1. The Balaban J connectivity index is 1.63. The van der Waals surface area contributed by atoms with E-state index < -0.39 is 0 Å². The number of rotatable bonds is 2. The van der Waals surface area contributed by atoms with Crippen molar-refractivity contribution in [3.05, 3.63) is 64.1 Å². The van der Waals surface area contributed by atoms with Gasteiger partial charge in [0.25, 0.3) is 0 Å². The van der Waals surface area contributed by atoms with Crippen LogP contribution in [0.5, 0.6) is 0 Å². The molecule has 3 unspecified atom stereocenters. The molecule has 1 saturated heterocycles. The molecule has 2 aromatic carbocycles. The summed E-state index contributed by atoms with van der Waals surface area (Å²) in [5, 5.41) is 0. The minimum atomic E-state index is -0.186. The van der Waals surface area contributed by atoms with Crippen molar-refractivity contribution >= 4 is 33.4 Å². The Morgan fingerprint density at radius 1 is 0.960 bits per heavy atom. The molecule has 3 atom stereocenters. The van der Waals surface area contributed by atoms with Crippen molar-refractivity contribution in [3.63, 3.8) is 0 Å². The molecule has 3 nitrogen and oxygen atoms in total. The van der Waals surface area contributed by atoms with Gasteiger partial charge in [-0.05, 0) is 61.4 Å². The van der Waals surface area contributed by atoms with E-state index >= 15 is 0 Å². The van der Waals surface area contributed by atoms with Crippen molar-refractivity contribution < 1.29 is 9.59 Å². The van der Waals surface area contributed by atoms with Gasteiger partial charge in [0.2, 0.25) is 11.8 Å². The largest absolute Gasteiger partial charge is 0.274 e. The lowest BCUT2D eigenvalue weighted by Crippen LogP contribution is -2.31. The minimum absolute atomic E-state index is 0.0214. The third kappa shape index (κ3) is 2.82. The Morgan fingerprint density at radius 2 is 1.68 bits per heavy atom. The predicted molar refractivity (Wildman–Crippen MR) is 101 cm³/mol. The van der Waals surface area contributed by atoms with Crippen molar-refractivity contribution in [3.8, 4) is 0 Å². The number of hydrogen-bond donors (Lipinski definition) is 0. The number of fused-ring (bicyclic) bond motifs is 1. The van der Waals surface area contributed by atoms with Gasteiger partial charge in [-0.15, -0.1) is 0 Å². The maximum atomic E-state index is 13.1. The number of carbonyl (C=O) groups is 2. The van der Waals surface area contributed by atoms with Crippen LogP contribution in [-0.2, 0) is 9.59 Å². The van der Waals surface area contributed by atoms with Gasteiger partial charge in [0.1, 0.15) is 0 Å². The summed E-state index contributed by atoms with van der Waals surface area (Å²) >= 11 is 3.44. The lowest BCUT2D eigenvalue weighted by atomic mass is 9.73. The zero-order valence-electron chi connectivity index (χ0n) is 14.1. The van der Waals surface area contributed by atoms with Gasteiger partial charge in [0, 0.05) is 4.47 Å². The number of aryl methyl sites for hydroxylation is 1. The number of benzene rings is 2. The summed E-state index contributed by atoms with van der Waals surface area (Å²) in [4.78, 5) is 27.4. The molecule has 2 aromatic rings. The van der Waals surface area contributed by atoms with Gasteiger partial charge in [-0.25, -0.2) is 4.90 Å². The Labute approximate surface area is 156 Å². The zero-order valence-corrected chi connectivity index (χ0v) is 15.7. The molecule has 0 radical (unpaired) electrons. The predicted octanol–water partition coefficient (Wildman–Crippen LogP) is 4.83. The number of halogens is 1. The van der Waals surface area contributed by atoms with Crippen LogP contribution >= 0.6 is 15.9 Å². The fourth-order valence-electron chi connectivity index (χ4n) is 4.31. The molecule has 0 bridgehead atoms. The van der Waals surface area contributed by atoms with Crippen molar-refractivity contribution in [2.75, 3.05) is 4.90 Å². The van der Waals surface area contributed by atoms with Crippen molar-refractivity contribution in [2.24, 2.45) is 11.8 Å². The van der Waals surface area contributed by atoms with Crippen LogP contribution in [0.15, 0.2) is 53.0 Å². The highest BCUT2D eigenvalue weighted by atomic mass is 79.9. The molecule has 2 fully saturated rings. The maximum absolute atomic E-state index is 13.1. The number of nitrogens with zero attached hydrogens (tertiary/aromatic N) is 1. The second-order valence-corrected chi connectivity index (χ2v) is 7.99. The second kappa shape index (κ2) is 6.41. The summed E-state index contributed by atoms with van der Waals surface area (Å²) < 4.78 is 0.953. The van der Waals surface area contributed by atoms with Gasteiger partial charge in [-0.1, -0.05) is 46.3 Å². The third-order valence-corrected chi connectivity index (χ3v) is 6.09. The van der Waals surface area contributed by atoms with Gasteiger partial charge < -0.3 is 0 Å². The van der Waals surface area contributed by atoms with E-state index in [0.717, 1.165) is 35.0 Å². The van der Waals surface area contributed by atoms with Crippen molar-refractivity contribution in [1.29, 1.82) is 0 Å². The minimum Gasteiger partial charge on any atom is -0.274 e. The average Bonchev–Trinajstić information content (AvgIpc) is 2.87. The molecule has 0 aromatic heterocycles. The molecule has 128 valence electrons. The Bertz CT molecular complexity index is 833. The van der Waals surface area contributed by atoms with E-state index in [1.807, 2.05) is 43.3 Å². The van der Waals surface area contributed by atoms with E-state index in [9.17, 15) is 9.59 Å². The van der Waals surface area contributed by atoms with Gasteiger partial charge in [0.15, 0.2) is 0 Å². The molecule has 1 heterocycles. The summed E-state index contributed by atoms with van der Waals surface area (Å²) in [5.74, 6) is -0.0248.